The molecule has 12 heteroatoms. The molecule has 1 amide bonds. The topological polar surface area (TPSA) is 155 Å². The van der Waals surface area contributed by atoms with Crippen LogP contribution in [0.25, 0.3) is 11.2 Å². The summed E-state index contributed by atoms with van der Waals surface area (Å²) in [5.41, 5.74) is 7.42. The number of carbonyl (C=O) groups is 1. The lowest BCUT2D eigenvalue weighted by atomic mass is 9.84. The van der Waals surface area contributed by atoms with E-state index in [-0.39, 0.29) is 30.5 Å². The quantitative estimate of drug-likeness (QED) is 0.314. The number of amides is 1. The summed E-state index contributed by atoms with van der Waals surface area (Å²) >= 11 is 12.9. The molecule has 1 saturated carbocycles. The van der Waals surface area contributed by atoms with Gasteiger partial charge in [0.15, 0.2) is 5.65 Å². The number of anilines is 3. The van der Waals surface area contributed by atoms with Crippen molar-refractivity contribution in [2.45, 2.75) is 57.5 Å². The number of carbonyl (C=O) groups excluding carboxylic acids is 1. The minimum atomic E-state index is -0.281. The molecule has 1 aromatic carbocycles. The second-order valence-electron chi connectivity index (χ2n) is 9.04. The summed E-state index contributed by atoms with van der Waals surface area (Å²) in [4.78, 5) is 25.2. The van der Waals surface area contributed by atoms with Crippen LogP contribution in [-0.4, -0.2) is 43.2 Å². The van der Waals surface area contributed by atoms with Gasteiger partial charge in [-0.05, 0) is 50.2 Å². The molecule has 1 aliphatic carbocycles. The van der Waals surface area contributed by atoms with Crippen LogP contribution < -0.4 is 16.4 Å². The number of halogens is 2. The highest BCUT2D eigenvalue weighted by atomic mass is 35.5. The number of aromatic nitrogens is 4. The molecule has 1 atom stereocenters. The summed E-state index contributed by atoms with van der Waals surface area (Å²) < 4.78 is 2.02. The molecule has 2 aromatic heterocycles. The Morgan fingerprint density at radius 2 is 1.97 bits per heavy atom. The van der Waals surface area contributed by atoms with Crippen molar-refractivity contribution in [2.75, 3.05) is 17.2 Å². The summed E-state index contributed by atoms with van der Waals surface area (Å²) in [6.45, 7) is 1.93. The van der Waals surface area contributed by atoms with Crippen LogP contribution in [0.2, 0.25) is 10.0 Å². The number of hydrogen-bond acceptors (Lipinski definition) is 8. The average molecular weight is 531 g/mol. The maximum absolute atomic E-state index is 11.4. The van der Waals surface area contributed by atoms with Gasteiger partial charge in [0.05, 0.1) is 46.2 Å². The maximum atomic E-state index is 11.4. The number of aliphatic hydroxyl groups is 1. The van der Waals surface area contributed by atoms with Crippen molar-refractivity contribution in [3.05, 3.63) is 33.9 Å². The predicted octanol–water partition coefficient (Wildman–Crippen LogP) is 4.54. The van der Waals surface area contributed by atoms with Crippen molar-refractivity contribution in [1.29, 1.82) is 5.26 Å². The molecule has 0 unspecified atom stereocenters. The minimum absolute atomic E-state index is 0.0382. The van der Waals surface area contributed by atoms with Crippen molar-refractivity contribution in [3.8, 4) is 6.07 Å². The molecule has 1 aliphatic rings. The molecular formula is C24H28Cl2N8O2. The number of nitrogens with zero attached hydrogens (tertiary/aromatic N) is 5. The smallest absolute Gasteiger partial charge is 0.225 e. The van der Waals surface area contributed by atoms with E-state index in [0.717, 1.165) is 25.7 Å². The van der Waals surface area contributed by atoms with Crippen molar-refractivity contribution < 1.29 is 9.90 Å². The normalized spacial score (nSPS) is 18.5. The molecule has 4 rings (SSSR count). The first-order valence-corrected chi connectivity index (χ1v) is 12.6. The molecule has 36 heavy (non-hydrogen) atoms. The van der Waals surface area contributed by atoms with E-state index in [2.05, 4.69) is 15.6 Å². The standard InChI is InChI=1S/C24H28Cl2N8O2/c1-2-15(12-35)30-23-29-11-19-22(33-23)34(16-5-3-13(4-6-16)9-20(28)36)24(31-19)32-21-17(25)7-14(10-27)8-18(21)26/h7-8,11,13,15-16,35H,2-6,9,12H2,1H3,(H2,28,36)(H,31,32)(H,29,30,33)/t13?,15-,16?/m0/s1. The maximum Gasteiger partial charge on any atom is 0.225 e. The first-order valence-electron chi connectivity index (χ1n) is 11.9. The van der Waals surface area contributed by atoms with Gasteiger partial charge in [0.2, 0.25) is 17.8 Å². The summed E-state index contributed by atoms with van der Waals surface area (Å²) in [5, 5.41) is 25.8. The van der Waals surface area contributed by atoms with E-state index in [9.17, 15) is 15.2 Å². The fourth-order valence-corrected chi connectivity index (χ4v) is 5.20. The fraction of sp³-hybridized carbons (Fsp3) is 0.458. The molecule has 0 aliphatic heterocycles. The third-order valence-electron chi connectivity index (χ3n) is 6.56. The van der Waals surface area contributed by atoms with E-state index >= 15 is 0 Å². The Hall–Kier alpha value is -3.13. The summed E-state index contributed by atoms with van der Waals surface area (Å²) in [7, 11) is 0. The third-order valence-corrected chi connectivity index (χ3v) is 7.15. The van der Waals surface area contributed by atoms with Gasteiger partial charge in [-0.3, -0.25) is 9.36 Å². The second-order valence-corrected chi connectivity index (χ2v) is 9.85. The van der Waals surface area contributed by atoms with Crippen molar-refractivity contribution in [2.24, 2.45) is 11.7 Å². The summed E-state index contributed by atoms with van der Waals surface area (Å²) in [5.74, 6) is 0.872. The highest BCUT2D eigenvalue weighted by molar-refractivity contribution is 6.39. The van der Waals surface area contributed by atoms with Gasteiger partial charge in [-0.15, -0.1) is 0 Å². The van der Waals surface area contributed by atoms with Crippen LogP contribution in [0.5, 0.6) is 0 Å². The Bertz CT molecular complexity index is 1270. The summed E-state index contributed by atoms with van der Waals surface area (Å²) in [6.07, 6.45) is 6.06. The average Bonchev–Trinajstić information content (AvgIpc) is 3.22. The summed E-state index contributed by atoms with van der Waals surface area (Å²) in [6, 6.07) is 5.01. The molecule has 2 heterocycles. The third kappa shape index (κ3) is 5.64. The Kier molecular flexibility index (Phi) is 8.14. The van der Waals surface area contributed by atoms with E-state index in [4.69, 9.17) is 38.9 Å². The molecule has 5 N–H and O–H groups in total. The van der Waals surface area contributed by atoms with Crippen LogP contribution in [0, 0.1) is 17.2 Å². The van der Waals surface area contributed by atoms with Crippen molar-refractivity contribution >= 4 is 57.9 Å². The number of imidazole rings is 1. The Morgan fingerprint density at radius 3 is 2.56 bits per heavy atom. The van der Waals surface area contributed by atoms with E-state index in [1.807, 2.05) is 17.6 Å². The number of fused-ring (bicyclic) bond motifs is 1. The molecule has 190 valence electrons. The van der Waals surface area contributed by atoms with Crippen molar-refractivity contribution in [3.63, 3.8) is 0 Å². The van der Waals surface area contributed by atoms with Gasteiger partial charge in [0.25, 0.3) is 0 Å². The minimum Gasteiger partial charge on any atom is -0.394 e. The number of nitrogens with one attached hydrogen (secondary N) is 2. The van der Waals surface area contributed by atoms with E-state index in [0.29, 0.717) is 57.2 Å². The van der Waals surface area contributed by atoms with Crippen LogP contribution in [0.4, 0.5) is 17.6 Å². The zero-order valence-electron chi connectivity index (χ0n) is 19.8. The van der Waals surface area contributed by atoms with Gasteiger partial charge in [-0.2, -0.15) is 10.2 Å². The largest absolute Gasteiger partial charge is 0.394 e. The molecule has 10 nitrogen and oxygen atoms in total. The van der Waals surface area contributed by atoms with Crippen LogP contribution in [-0.2, 0) is 4.79 Å². The molecule has 0 bridgehead atoms. The Morgan fingerprint density at radius 1 is 1.28 bits per heavy atom. The Balaban J connectivity index is 1.74. The molecule has 0 spiro atoms. The lowest BCUT2D eigenvalue weighted by molar-refractivity contribution is -0.119. The number of nitriles is 1. The monoisotopic (exact) mass is 530 g/mol. The van der Waals surface area contributed by atoms with Gasteiger partial charge in [-0.25, -0.2) is 9.97 Å². The second kappa shape index (κ2) is 11.3. The van der Waals surface area contributed by atoms with Crippen LogP contribution >= 0.6 is 23.2 Å². The number of primary amides is 1. The fourth-order valence-electron chi connectivity index (χ4n) is 4.61. The van der Waals surface area contributed by atoms with Crippen LogP contribution in [0.1, 0.15) is 57.1 Å². The first kappa shape index (κ1) is 25.9. The van der Waals surface area contributed by atoms with Gasteiger partial charge in [0.1, 0.15) is 5.52 Å². The van der Waals surface area contributed by atoms with Crippen LogP contribution in [0.15, 0.2) is 18.3 Å². The van der Waals surface area contributed by atoms with Gasteiger partial charge < -0.3 is 21.5 Å². The lowest BCUT2D eigenvalue weighted by Gasteiger charge is -2.30. The van der Waals surface area contributed by atoms with E-state index < -0.39 is 0 Å². The molecule has 0 radical (unpaired) electrons. The molecule has 1 fully saturated rings. The molecule has 3 aromatic rings. The zero-order valence-corrected chi connectivity index (χ0v) is 21.4. The van der Waals surface area contributed by atoms with Crippen LogP contribution in [0.3, 0.4) is 0 Å². The number of benzene rings is 1. The number of hydrogen-bond donors (Lipinski definition) is 4. The zero-order chi connectivity index (χ0) is 25.8. The molecule has 0 saturated heterocycles. The SMILES string of the molecule is CC[C@@H](CO)Nc1ncc2nc(Nc3c(Cl)cc(C#N)cc3Cl)n(C3CCC(CC(N)=O)CC3)c2n1. The predicted molar refractivity (Wildman–Crippen MR) is 139 cm³/mol. The highest BCUT2D eigenvalue weighted by Gasteiger charge is 2.28. The number of nitrogens with two attached hydrogens (primary N) is 1. The van der Waals surface area contributed by atoms with Gasteiger partial charge in [0, 0.05) is 12.5 Å². The Labute approximate surface area is 218 Å². The first-order chi connectivity index (χ1) is 17.3. The highest BCUT2D eigenvalue weighted by Crippen LogP contribution is 2.40. The number of aliphatic hydroxyl groups excluding tert-OH is 1. The molecular weight excluding hydrogens is 503 g/mol. The van der Waals surface area contributed by atoms with E-state index in [1.165, 1.54) is 0 Å². The van der Waals surface area contributed by atoms with Gasteiger partial charge >= 0.3 is 0 Å². The van der Waals surface area contributed by atoms with E-state index in [1.54, 1.807) is 18.3 Å². The van der Waals surface area contributed by atoms with Crippen molar-refractivity contribution in [1.82, 2.24) is 19.5 Å². The van der Waals surface area contributed by atoms with Gasteiger partial charge in [-0.1, -0.05) is 30.1 Å². The lowest BCUT2D eigenvalue weighted by Crippen LogP contribution is -2.25. The number of rotatable bonds is 9.